The number of aryl methyl sites for hydroxylation is 1. The molecule has 1 unspecified atom stereocenters. The summed E-state index contributed by atoms with van der Waals surface area (Å²) in [4.78, 5) is 12.6. The number of carbonyl (C=O) groups excluding carboxylic acids is 1. The molecule has 0 fully saturated rings. The second kappa shape index (κ2) is 19.7. The highest BCUT2D eigenvalue weighted by molar-refractivity contribution is 5.69. The average Bonchev–Trinajstić information content (AvgIpc) is 2.93. The van der Waals surface area contributed by atoms with Gasteiger partial charge in [-0.3, -0.25) is 4.79 Å². The summed E-state index contributed by atoms with van der Waals surface area (Å²) in [5.74, 6) is 0.583. The number of rotatable bonds is 22. The van der Waals surface area contributed by atoms with Gasteiger partial charge in [-0.25, -0.2) is 0 Å². The molecular weight excluding hydrogens is 482 g/mol. The first-order valence-corrected chi connectivity index (χ1v) is 15.7. The van der Waals surface area contributed by atoms with Crippen LogP contribution in [0.15, 0.2) is 54.6 Å². The summed E-state index contributed by atoms with van der Waals surface area (Å²) in [6.45, 7) is 5.87. The molecule has 218 valence electrons. The van der Waals surface area contributed by atoms with Crippen molar-refractivity contribution in [1.82, 2.24) is 0 Å². The van der Waals surface area contributed by atoms with Crippen LogP contribution in [0.25, 0.3) is 0 Å². The molecule has 0 N–H and O–H groups in total. The van der Waals surface area contributed by atoms with Crippen LogP contribution in [0.4, 0.5) is 0 Å². The Kier molecular flexibility index (Phi) is 16.6. The summed E-state index contributed by atoms with van der Waals surface area (Å²) in [7, 11) is 4.30. The van der Waals surface area contributed by atoms with Crippen LogP contribution in [0, 0.1) is 0 Å². The van der Waals surface area contributed by atoms with E-state index < -0.39 is 6.29 Å². The first-order chi connectivity index (χ1) is 18.9. The minimum absolute atomic E-state index is 0.200. The maximum Gasteiger partial charge on any atom is 0.314 e. The van der Waals surface area contributed by atoms with Crippen molar-refractivity contribution < 1.29 is 18.8 Å². The van der Waals surface area contributed by atoms with Crippen molar-refractivity contribution in [3.8, 4) is 5.75 Å². The van der Waals surface area contributed by atoms with Crippen LogP contribution < -0.4 is 4.74 Å². The third kappa shape index (κ3) is 15.8. The average molecular weight is 539 g/mol. The molecule has 0 saturated heterocycles. The molecule has 2 aromatic rings. The van der Waals surface area contributed by atoms with E-state index in [1.54, 1.807) is 0 Å². The topological polar surface area (TPSA) is 35.5 Å². The fourth-order valence-electron chi connectivity index (χ4n) is 5.04. The van der Waals surface area contributed by atoms with Crippen LogP contribution in [-0.4, -0.2) is 37.4 Å². The summed E-state index contributed by atoms with van der Waals surface area (Å²) in [5, 5.41) is 0. The third-order valence-electron chi connectivity index (χ3n) is 7.46. The molecule has 4 heteroatoms. The van der Waals surface area contributed by atoms with E-state index in [1.807, 2.05) is 25.1 Å². The van der Waals surface area contributed by atoms with Gasteiger partial charge in [-0.2, -0.15) is 0 Å². The van der Waals surface area contributed by atoms with Crippen molar-refractivity contribution in [2.75, 3.05) is 20.6 Å². The molecule has 0 heterocycles. The number of quaternary nitrogens is 1. The molecule has 0 bridgehead atoms. The van der Waals surface area contributed by atoms with Crippen molar-refractivity contribution in [1.29, 1.82) is 0 Å². The Morgan fingerprint density at radius 3 is 1.95 bits per heavy atom. The SMILES string of the molecule is CCCCCCCCCCCCCCc1cccc(OC(CC)OC(=O)CC[N+](C)(C)Cc2ccccc2)c1. The van der Waals surface area contributed by atoms with Gasteiger partial charge in [-0.15, -0.1) is 0 Å². The van der Waals surface area contributed by atoms with Crippen molar-refractivity contribution in [2.24, 2.45) is 0 Å². The molecule has 2 aromatic carbocycles. The lowest BCUT2D eigenvalue weighted by Gasteiger charge is -2.29. The van der Waals surface area contributed by atoms with E-state index in [9.17, 15) is 4.79 Å². The zero-order valence-electron chi connectivity index (χ0n) is 25.5. The van der Waals surface area contributed by atoms with Gasteiger partial charge in [0.2, 0.25) is 6.29 Å². The Morgan fingerprint density at radius 2 is 1.33 bits per heavy atom. The van der Waals surface area contributed by atoms with E-state index in [1.165, 1.54) is 88.2 Å². The van der Waals surface area contributed by atoms with E-state index >= 15 is 0 Å². The lowest BCUT2D eigenvalue weighted by atomic mass is 10.0. The van der Waals surface area contributed by atoms with Crippen LogP contribution in [0.5, 0.6) is 5.75 Å². The lowest BCUT2D eigenvalue weighted by Crippen LogP contribution is -2.41. The number of hydrogen-bond acceptors (Lipinski definition) is 3. The van der Waals surface area contributed by atoms with Gasteiger partial charge in [0.1, 0.15) is 12.3 Å². The fraction of sp³-hybridized carbons (Fsp3) is 0.629. The molecule has 4 nitrogen and oxygen atoms in total. The number of carbonyl (C=O) groups is 1. The summed E-state index contributed by atoms with van der Waals surface area (Å²) in [6, 6.07) is 18.7. The smallest absolute Gasteiger partial charge is 0.314 e. The van der Waals surface area contributed by atoms with E-state index in [0.29, 0.717) is 12.8 Å². The Labute approximate surface area is 239 Å². The number of nitrogens with zero attached hydrogens (tertiary/aromatic N) is 1. The quantitative estimate of drug-likeness (QED) is 0.0648. The lowest BCUT2D eigenvalue weighted by molar-refractivity contribution is -0.903. The number of benzene rings is 2. The van der Waals surface area contributed by atoms with Gasteiger partial charge in [0.25, 0.3) is 0 Å². The number of unbranched alkanes of at least 4 members (excludes halogenated alkanes) is 11. The van der Waals surface area contributed by atoms with Crippen LogP contribution in [0.2, 0.25) is 0 Å². The van der Waals surface area contributed by atoms with E-state index in [2.05, 4.69) is 57.4 Å². The van der Waals surface area contributed by atoms with Crippen molar-refractivity contribution in [3.63, 3.8) is 0 Å². The maximum atomic E-state index is 12.6. The Bertz CT molecular complexity index is 896. The van der Waals surface area contributed by atoms with Crippen LogP contribution in [0.1, 0.15) is 115 Å². The van der Waals surface area contributed by atoms with Crippen LogP contribution in [-0.2, 0) is 22.5 Å². The van der Waals surface area contributed by atoms with Gasteiger partial charge in [0, 0.05) is 12.0 Å². The number of ether oxygens (including phenoxy) is 2. The molecule has 1 atom stereocenters. The highest BCUT2D eigenvalue weighted by Crippen LogP contribution is 2.20. The molecule has 0 aliphatic carbocycles. The van der Waals surface area contributed by atoms with Gasteiger partial charge in [-0.1, -0.05) is 127 Å². The molecule has 39 heavy (non-hydrogen) atoms. The van der Waals surface area contributed by atoms with Gasteiger partial charge in [0.05, 0.1) is 27.1 Å². The fourth-order valence-corrected chi connectivity index (χ4v) is 5.04. The molecule has 0 spiro atoms. The summed E-state index contributed by atoms with van der Waals surface area (Å²) in [6.07, 6.45) is 17.9. The van der Waals surface area contributed by atoms with E-state index in [4.69, 9.17) is 9.47 Å². The van der Waals surface area contributed by atoms with Gasteiger partial charge >= 0.3 is 5.97 Å². The van der Waals surface area contributed by atoms with Crippen LogP contribution in [0.3, 0.4) is 0 Å². The normalized spacial score (nSPS) is 12.3. The third-order valence-corrected chi connectivity index (χ3v) is 7.46. The van der Waals surface area contributed by atoms with Gasteiger partial charge in [0.15, 0.2) is 0 Å². The van der Waals surface area contributed by atoms with Crippen LogP contribution >= 0.6 is 0 Å². The Morgan fingerprint density at radius 1 is 0.744 bits per heavy atom. The predicted octanol–water partition coefficient (Wildman–Crippen LogP) is 9.26. The minimum Gasteiger partial charge on any atom is -0.455 e. The van der Waals surface area contributed by atoms with E-state index in [-0.39, 0.29) is 5.97 Å². The molecule has 0 aliphatic rings. The van der Waals surface area contributed by atoms with Gasteiger partial charge in [-0.05, 0) is 30.5 Å². The molecule has 0 radical (unpaired) electrons. The van der Waals surface area contributed by atoms with Crippen molar-refractivity contribution in [2.45, 2.75) is 123 Å². The second-order valence-electron chi connectivity index (χ2n) is 11.8. The molecule has 0 saturated carbocycles. The van der Waals surface area contributed by atoms with Gasteiger partial charge < -0.3 is 14.0 Å². The molecule has 0 amide bonds. The summed E-state index contributed by atoms with van der Waals surface area (Å²) in [5.41, 5.74) is 2.56. The highest BCUT2D eigenvalue weighted by atomic mass is 16.7. The van der Waals surface area contributed by atoms with Crippen molar-refractivity contribution >= 4 is 5.97 Å². The molecular formula is C35H56NO3+. The monoisotopic (exact) mass is 538 g/mol. The predicted molar refractivity (Wildman–Crippen MR) is 164 cm³/mol. The molecule has 2 rings (SSSR count). The molecule has 0 aliphatic heterocycles. The number of esters is 1. The zero-order chi connectivity index (χ0) is 28.2. The highest BCUT2D eigenvalue weighted by Gasteiger charge is 2.21. The largest absolute Gasteiger partial charge is 0.455 e. The van der Waals surface area contributed by atoms with Crippen molar-refractivity contribution in [3.05, 3.63) is 65.7 Å². The van der Waals surface area contributed by atoms with E-state index in [0.717, 1.165) is 29.7 Å². The standard InChI is InChI=1S/C35H56NO3/c1-5-7-8-9-10-11-12-13-14-15-16-18-22-31-25-21-26-33(29-31)38-35(6-2)39-34(37)27-28-36(3,4)30-32-23-19-17-20-24-32/h17,19-21,23-26,29,35H,5-16,18,22,27-28,30H2,1-4H3/q+1. The first-order valence-electron chi connectivity index (χ1n) is 15.7. The summed E-state index contributed by atoms with van der Waals surface area (Å²) >= 11 is 0. The molecule has 0 aromatic heterocycles. The minimum atomic E-state index is -0.552. The first kappa shape index (κ1) is 32.9. The Hall–Kier alpha value is -2.33. The Balaban J connectivity index is 1.62. The summed E-state index contributed by atoms with van der Waals surface area (Å²) < 4.78 is 12.5. The second-order valence-corrected chi connectivity index (χ2v) is 11.8. The number of hydrogen-bond donors (Lipinski definition) is 0. The maximum absolute atomic E-state index is 12.6. The zero-order valence-corrected chi connectivity index (χ0v) is 25.5.